The molecule has 1 saturated heterocycles. The second kappa shape index (κ2) is 5.60. The topological polar surface area (TPSA) is 38.3 Å². The molecule has 0 bridgehead atoms. The van der Waals surface area contributed by atoms with Crippen molar-refractivity contribution in [3.8, 4) is 0 Å². The summed E-state index contributed by atoms with van der Waals surface area (Å²) in [5, 5.41) is 2.73. The Hall–Kier alpha value is -1.09. The molecule has 0 spiro atoms. The van der Waals surface area contributed by atoms with Crippen molar-refractivity contribution in [1.82, 2.24) is 5.32 Å². The van der Waals surface area contributed by atoms with Crippen LogP contribution in [0.4, 0.5) is 0 Å². The Kier molecular flexibility index (Phi) is 4.40. The minimum absolute atomic E-state index is 0.141. The molecule has 1 heterocycles. The molecule has 0 atom stereocenters. The van der Waals surface area contributed by atoms with Gasteiger partial charge in [-0.05, 0) is 24.8 Å². The third-order valence-corrected chi connectivity index (χ3v) is 2.47. The molecule has 0 aromatic heterocycles. The van der Waals surface area contributed by atoms with E-state index in [1.54, 1.807) is 0 Å². The molecular formula is C11H17NO2. The van der Waals surface area contributed by atoms with Crippen LogP contribution >= 0.6 is 0 Å². The van der Waals surface area contributed by atoms with Gasteiger partial charge in [-0.1, -0.05) is 18.7 Å². The predicted octanol–water partition coefficient (Wildman–Crippen LogP) is 1.27. The first kappa shape index (κ1) is 11.0. The molecule has 1 rings (SSSR count). The molecule has 1 fully saturated rings. The van der Waals surface area contributed by atoms with Crippen LogP contribution in [0.15, 0.2) is 24.8 Å². The minimum Gasteiger partial charge on any atom is -0.381 e. The first-order valence-electron chi connectivity index (χ1n) is 4.89. The third kappa shape index (κ3) is 3.34. The first-order valence-corrected chi connectivity index (χ1v) is 4.89. The van der Waals surface area contributed by atoms with E-state index in [0.29, 0.717) is 12.5 Å². The molecule has 3 heteroatoms. The lowest BCUT2D eigenvalue weighted by Crippen LogP contribution is -2.27. The van der Waals surface area contributed by atoms with Gasteiger partial charge in [-0.25, -0.2) is 0 Å². The standard InChI is InChI=1S/C11H17NO2/c1-3-11(13)12-8-9(2)10-4-6-14-7-5-10/h3,10H,1-2,4-8H2,(H,12,13). The molecule has 0 unspecified atom stereocenters. The number of carbonyl (C=O) groups is 1. The van der Waals surface area contributed by atoms with Gasteiger partial charge in [-0.15, -0.1) is 0 Å². The lowest BCUT2D eigenvalue weighted by Gasteiger charge is -2.24. The lowest BCUT2D eigenvalue weighted by atomic mass is 9.92. The zero-order chi connectivity index (χ0) is 10.4. The number of amides is 1. The van der Waals surface area contributed by atoms with E-state index in [2.05, 4.69) is 18.5 Å². The fraction of sp³-hybridized carbons (Fsp3) is 0.545. The Morgan fingerprint density at radius 2 is 2.14 bits per heavy atom. The van der Waals surface area contributed by atoms with E-state index in [1.165, 1.54) is 6.08 Å². The maximum Gasteiger partial charge on any atom is 0.243 e. The molecule has 1 N–H and O–H groups in total. The average Bonchev–Trinajstić information content (AvgIpc) is 2.26. The van der Waals surface area contributed by atoms with Gasteiger partial charge in [-0.3, -0.25) is 4.79 Å². The van der Waals surface area contributed by atoms with E-state index in [4.69, 9.17) is 4.74 Å². The molecule has 0 saturated carbocycles. The summed E-state index contributed by atoms with van der Waals surface area (Å²) in [7, 11) is 0. The summed E-state index contributed by atoms with van der Waals surface area (Å²) in [5.41, 5.74) is 1.09. The predicted molar refractivity (Wildman–Crippen MR) is 55.9 cm³/mol. The Balaban J connectivity index is 2.26. The Morgan fingerprint density at radius 3 is 2.71 bits per heavy atom. The monoisotopic (exact) mass is 195 g/mol. The zero-order valence-electron chi connectivity index (χ0n) is 8.42. The Labute approximate surface area is 84.8 Å². The van der Waals surface area contributed by atoms with E-state index in [1.807, 2.05) is 0 Å². The van der Waals surface area contributed by atoms with Crippen LogP contribution in [0.2, 0.25) is 0 Å². The van der Waals surface area contributed by atoms with Crippen molar-refractivity contribution in [3.63, 3.8) is 0 Å². The number of hydrogen-bond acceptors (Lipinski definition) is 2. The molecular weight excluding hydrogens is 178 g/mol. The number of hydrogen-bond donors (Lipinski definition) is 1. The summed E-state index contributed by atoms with van der Waals surface area (Å²) in [4.78, 5) is 10.9. The van der Waals surface area contributed by atoms with Gasteiger partial charge in [0.15, 0.2) is 0 Å². The van der Waals surface area contributed by atoms with Crippen molar-refractivity contribution in [3.05, 3.63) is 24.8 Å². The zero-order valence-corrected chi connectivity index (χ0v) is 8.42. The van der Waals surface area contributed by atoms with Crippen LogP contribution in [0, 0.1) is 5.92 Å². The molecule has 1 amide bonds. The van der Waals surface area contributed by atoms with Crippen LogP contribution in [0.25, 0.3) is 0 Å². The van der Waals surface area contributed by atoms with Crippen molar-refractivity contribution in [2.75, 3.05) is 19.8 Å². The van der Waals surface area contributed by atoms with E-state index in [-0.39, 0.29) is 5.91 Å². The molecule has 14 heavy (non-hydrogen) atoms. The molecule has 1 aliphatic heterocycles. The number of nitrogens with one attached hydrogen (secondary N) is 1. The van der Waals surface area contributed by atoms with Crippen molar-refractivity contribution in [2.45, 2.75) is 12.8 Å². The summed E-state index contributed by atoms with van der Waals surface area (Å²) in [6.45, 7) is 9.53. The number of ether oxygens (including phenoxy) is 1. The summed E-state index contributed by atoms with van der Waals surface area (Å²) in [6, 6.07) is 0. The summed E-state index contributed by atoms with van der Waals surface area (Å²) in [5.74, 6) is 0.354. The van der Waals surface area contributed by atoms with Crippen LogP contribution in [0.3, 0.4) is 0 Å². The van der Waals surface area contributed by atoms with Crippen LogP contribution in [-0.2, 0) is 9.53 Å². The fourth-order valence-corrected chi connectivity index (χ4v) is 1.52. The van der Waals surface area contributed by atoms with Crippen LogP contribution in [0.1, 0.15) is 12.8 Å². The minimum atomic E-state index is -0.141. The molecule has 78 valence electrons. The maximum absolute atomic E-state index is 10.9. The van der Waals surface area contributed by atoms with Crippen molar-refractivity contribution in [2.24, 2.45) is 5.92 Å². The highest BCUT2D eigenvalue weighted by atomic mass is 16.5. The van der Waals surface area contributed by atoms with E-state index < -0.39 is 0 Å². The second-order valence-corrected chi connectivity index (χ2v) is 3.47. The number of rotatable bonds is 4. The van der Waals surface area contributed by atoms with Gasteiger partial charge >= 0.3 is 0 Å². The second-order valence-electron chi connectivity index (χ2n) is 3.47. The van der Waals surface area contributed by atoms with E-state index in [0.717, 1.165) is 31.6 Å². The fourth-order valence-electron chi connectivity index (χ4n) is 1.52. The van der Waals surface area contributed by atoms with Crippen LogP contribution in [-0.4, -0.2) is 25.7 Å². The molecule has 3 nitrogen and oxygen atoms in total. The van der Waals surface area contributed by atoms with E-state index in [9.17, 15) is 4.79 Å². The SMILES string of the molecule is C=CC(=O)NCC(=C)C1CCOCC1. The summed E-state index contributed by atoms with van der Waals surface area (Å²) in [6.07, 6.45) is 3.31. The van der Waals surface area contributed by atoms with Crippen LogP contribution < -0.4 is 5.32 Å². The van der Waals surface area contributed by atoms with Crippen LogP contribution in [0.5, 0.6) is 0 Å². The van der Waals surface area contributed by atoms with Gasteiger partial charge in [0.1, 0.15) is 0 Å². The van der Waals surface area contributed by atoms with Gasteiger partial charge < -0.3 is 10.1 Å². The normalized spacial score (nSPS) is 17.4. The Morgan fingerprint density at radius 1 is 1.50 bits per heavy atom. The van der Waals surface area contributed by atoms with Crippen molar-refractivity contribution in [1.29, 1.82) is 0 Å². The highest BCUT2D eigenvalue weighted by Crippen LogP contribution is 2.21. The maximum atomic E-state index is 10.9. The van der Waals surface area contributed by atoms with Gasteiger partial charge in [0.05, 0.1) is 0 Å². The van der Waals surface area contributed by atoms with E-state index >= 15 is 0 Å². The highest BCUT2D eigenvalue weighted by Gasteiger charge is 2.16. The lowest BCUT2D eigenvalue weighted by molar-refractivity contribution is -0.116. The van der Waals surface area contributed by atoms with Crippen molar-refractivity contribution < 1.29 is 9.53 Å². The summed E-state index contributed by atoms with van der Waals surface area (Å²) < 4.78 is 5.25. The third-order valence-electron chi connectivity index (χ3n) is 2.47. The molecule has 0 aromatic rings. The smallest absolute Gasteiger partial charge is 0.243 e. The quantitative estimate of drug-likeness (QED) is 0.542. The molecule has 0 aliphatic carbocycles. The van der Waals surface area contributed by atoms with Gasteiger partial charge in [0, 0.05) is 19.8 Å². The molecule has 1 aliphatic rings. The van der Waals surface area contributed by atoms with Gasteiger partial charge in [0.25, 0.3) is 0 Å². The highest BCUT2D eigenvalue weighted by molar-refractivity contribution is 5.86. The summed E-state index contributed by atoms with van der Waals surface area (Å²) >= 11 is 0. The van der Waals surface area contributed by atoms with Gasteiger partial charge in [0.2, 0.25) is 5.91 Å². The Bertz CT molecular complexity index is 229. The largest absolute Gasteiger partial charge is 0.381 e. The molecule has 0 aromatic carbocycles. The average molecular weight is 195 g/mol. The van der Waals surface area contributed by atoms with Crippen molar-refractivity contribution >= 4 is 5.91 Å². The molecule has 0 radical (unpaired) electrons. The first-order chi connectivity index (χ1) is 6.74. The number of carbonyl (C=O) groups excluding carboxylic acids is 1. The van der Waals surface area contributed by atoms with Gasteiger partial charge in [-0.2, -0.15) is 0 Å².